The van der Waals surface area contributed by atoms with E-state index in [0.29, 0.717) is 11.1 Å². The number of carbonyl (C=O) groups excluding carboxylic acids is 2. The van der Waals surface area contributed by atoms with Gasteiger partial charge in [-0.1, -0.05) is 18.2 Å². The Morgan fingerprint density at radius 1 is 0.750 bits per heavy atom. The summed E-state index contributed by atoms with van der Waals surface area (Å²) in [5.41, 5.74) is 3.65. The van der Waals surface area contributed by atoms with E-state index in [1.54, 1.807) is 12.1 Å². The molecule has 1 aliphatic heterocycles. The molecule has 2 aromatic heterocycles. The predicted octanol–water partition coefficient (Wildman–Crippen LogP) is 2.49. The maximum Gasteiger partial charge on any atom is 0.259 e. The Balaban J connectivity index is 2.08. The molecule has 0 unspecified atom stereocenters. The Hall–Kier alpha value is -2.88. The summed E-state index contributed by atoms with van der Waals surface area (Å²) in [5.74, 6) is -0.650. The number of benzene rings is 1. The molecule has 20 heavy (non-hydrogen) atoms. The molecule has 2 amide bonds. The Morgan fingerprint density at radius 3 is 2.30 bits per heavy atom. The Kier molecular flexibility index (Phi) is 2.09. The number of aromatic nitrogens is 1. The lowest BCUT2D eigenvalue weighted by molar-refractivity contribution is 0.0880. The fourth-order valence-corrected chi connectivity index (χ4v) is 2.74. The van der Waals surface area contributed by atoms with E-state index in [4.69, 9.17) is 0 Å². The van der Waals surface area contributed by atoms with Gasteiger partial charge in [-0.25, -0.2) is 0 Å². The van der Waals surface area contributed by atoms with Crippen molar-refractivity contribution in [3.05, 3.63) is 66.0 Å². The van der Waals surface area contributed by atoms with Crippen molar-refractivity contribution in [3.8, 4) is 11.1 Å². The third kappa shape index (κ3) is 1.36. The number of pyridine rings is 1. The van der Waals surface area contributed by atoms with Gasteiger partial charge < -0.3 is 4.40 Å². The van der Waals surface area contributed by atoms with E-state index in [2.05, 4.69) is 5.32 Å². The summed E-state index contributed by atoms with van der Waals surface area (Å²) in [6.45, 7) is 0. The fourth-order valence-electron chi connectivity index (χ4n) is 2.74. The number of nitrogens with zero attached hydrogens (tertiary/aromatic N) is 1. The molecule has 0 radical (unpaired) electrons. The van der Waals surface area contributed by atoms with Crippen LogP contribution in [0.5, 0.6) is 0 Å². The molecule has 3 aromatic rings. The minimum Gasteiger partial charge on any atom is -0.323 e. The van der Waals surface area contributed by atoms with Gasteiger partial charge in [0.05, 0.1) is 16.6 Å². The quantitative estimate of drug-likeness (QED) is 0.685. The lowest BCUT2D eigenvalue weighted by Crippen LogP contribution is -2.20. The van der Waals surface area contributed by atoms with Gasteiger partial charge >= 0.3 is 0 Å². The smallest absolute Gasteiger partial charge is 0.259 e. The fraction of sp³-hybridized carbons (Fsp3) is 0. The highest BCUT2D eigenvalue weighted by Gasteiger charge is 2.29. The highest BCUT2D eigenvalue weighted by atomic mass is 16.2. The second-order valence-corrected chi connectivity index (χ2v) is 4.73. The summed E-state index contributed by atoms with van der Waals surface area (Å²) in [6.07, 6.45) is 3.90. The van der Waals surface area contributed by atoms with Gasteiger partial charge in [0.15, 0.2) is 0 Å². The third-order valence-corrected chi connectivity index (χ3v) is 3.62. The average molecular weight is 262 g/mol. The number of fused-ring (bicyclic) bond motifs is 2. The second-order valence-electron chi connectivity index (χ2n) is 4.73. The summed E-state index contributed by atoms with van der Waals surface area (Å²) < 4.78 is 1.99. The van der Waals surface area contributed by atoms with Gasteiger partial charge in [0, 0.05) is 18.0 Å². The van der Waals surface area contributed by atoms with E-state index in [0.717, 1.165) is 16.6 Å². The molecule has 4 nitrogen and oxygen atoms in total. The van der Waals surface area contributed by atoms with Gasteiger partial charge in [-0.05, 0) is 29.8 Å². The normalized spacial score (nSPS) is 13.6. The zero-order valence-corrected chi connectivity index (χ0v) is 10.5. The molecule has 96 valence electrons. The molecule has 4 rings (SSSR count). The topological polar surface area (TPSA) is 50.6 Å². The molecule has 4 heteroatoms. The Morgan fingerprint density at radius 2 is 1.45 bits per heavy atom. The largest absolute Gasteiger partial charge is 0.323 e. The van der Waals surface area contributed by atoms with Gasteiger partial charge in [-0.3, -0.25) is 14.9 Å². The summed E-state index contributed by atoms with van der Waals surface area (Å²) in [4.78, 5) is 23.7. The minimum absolute atomic E-state index is 0.325. The van der Waals surface area contributed by atoms with Crippen LogP contribution in [0.15, 0.2) is 54.9 Å². The van der Waals surface area contributed by atoms with Crippen molar-refractivity contribution in [1.29, 1.82) is 0 Å². The van der Waals surface area contributed by atoms with Crippen LogP contribution >= 0.6 is 0 Å². The first-order valence-electron chi connectivity index (χ1n) is 6.30. The van der Waals surface area contributed by atoms with Crippen LogP contribution < -0.4 is 5.32 Å². The van der Waals surface area contributed by atoms with Crippen molar-refractivity contribution in [2.24, 2.45) is 0 Å². The minimum atomic E-state index is -0.325. The Bertz CT molecular complexity index is 877. The van der Waals surface area contributed by atoms with Gasteiger partial charge in [0.1, 0.15) is 0 Å². The highest BCUT2D eigenvalue weighted by molar-refractivity contribution is 6.24. The van der Waals surface area contributed by atoms with Crippen molar-refractivity contribution in [3.63, 3.8) is 0 Å². The molecular weight excluding hydrogens is 252 g/mol. The first-order chi connectivity index (χ1) is 9.75. The molecule has 0 spiro atoms. The van der Waals surface area contributed by atoms with Gasteiger partial charge in [-0.15, -0.1) is 0 Å². The number of hydrogen-bond donors (Lipinski definition) is 1. The number of amides is 2. The zero-order valence-electron chi connectivity index (χ0n) is 10.5. The van der Waals surface area contributed by atoms with Gasteiger partial charge in [-0.2, -0.15) is 0 Å². The van der Waals surface area contributed by atoms with Crippen LogP contribution in [0.3, 0.4) is 0 Å². The molecule has 0 saturated heterocycles. The second kappa shape index (κ2) is 3.81. The van der Waals surface area contributed by atoms with Crippen molar-refractivity contribution in [2.75, 3.05) is 0 Å². The van der Waals surface area contributed by atoms with Gasteiger partial charge in [0.2, 0.25) is 0 Å². The lowest BCUT2D eigenvalue weighted by atomic mass is 9.96. The summed E-state index contributed by atoms with van der Waals surface area (Å²) in [5, 5.41) is 2.35. The van der Waals surface area contributed by atoms with Gasteiger partial charge in [0.25, 0.3) is 11.8 Å². The number of rotatable bonds is 1. The predicted molar refractivity (Wildman–Crippen MR) is 74.6 cm³/mol. The van der Waals surface area contributed by atoms with Crippen molar-refractivity contribution in [2.45, 2.75) is 0 Å². The highest BCUT2D eigenvalue weighted by Crippen LogP contribution is 2.32. The number of imide groups is 1. The van der Waals surface area contributed by atoms with E-state index in [1.807, 2.05) is 47.1 Å². The summed E-state index contributed by atoms with van der Waals surface area (Å²) >= 11 is 0. The molecule has 0 aliphatic carbocycles. The number of nitrogens with one attached hydrogen (secondary N) is 1. The van der Waals surface area contributed by atoms with Crippen LogP contribution in [-0.4, -0.2) is 16.2 Å². The van der Waals surface area contributed by atoms with Crippen LogP contribution in [0.1, 0.15) is 20.7 Å². The van der Waals surface area contributed by atoms with E-state index in [1.165, 1.54) is 0 Å². The average Bonchev–Trinajstić information content (AvgIpc) is 3.04. The van der Waals surface area contributed by atoms with E-state index >= 15 is 0 Å². The number of hydrogen-bond acceptors (Lipinski definition) is 2. The first kappa shape index (κ1) is 11.0. The molecule has 1 aromatic carbocycles. The molecule has 1 aliphatic rings. The van der Waals surface area contributed by atoms with Crippen LogP contribution in [-0.2, 0) is 0 Å². The lowest BCUT2D eigenvalue weighted by Gasteiger charge is -2.08. The SMILES string of the molecule is O=C1NC(=O)c2c1cccc2-c1cccn2cccc12. The summed E-state index contributed by atoms with van der Waals surface area (Å²) in [7, 11) is 0. The molecule has 1 N–H and O–H groups in total. The maximum atomic E-state index is 12.0. The Labute approximate surface area is 114 Å². The molecule has 0 atom stereocenters. The monoisotopic (exact) mass is 262 g/mol. The van der Waals surface area contributed by atoms with Crippen LogP contribution in [0.25, 0.3) is 16.6 Å². The molecule has 3 heterocycles. The molecule has 0 bridgehead atoms. The molecular formula is C16H10N2O2. The molecule has 0 fully saturated rings. The summed E-state index contributed by atoms with van der Waals surface area (Å²) in [6, 6.07) is 13.2. The maximum absolute atomic E-state index is 12.0. The standard InChI is InChI=1S/C16H10N2O2/c19-15-12-5-1-4-11(14(12)16(20)17-15)10-6-2-8-18-9-3-7-13(10)18/h1-9H,(H,17,19,20). The van der Waals surface area contributed by atoms with Crippen LogP contribution in [0.2, 0.25) is 0 Å². The van der Waals surface area contributed by atoms with Crippen molar-refractivity contribution < 1.29 is 9.59 Å². The third-order valence-electron chi connectivity index (χ3n) is 3.62. The van der Waals surface area contributed by atoms with Crippen LogP contribution in [0.4, 0.5) is 0 Å². The van der Waals surface area contributed by atoms with Crippen molar-refractivity contribution in [1.82, 2.24) is 9.72 Å². The number of carbonyl (C=O) groups is 2. The molecule has 0 saturated carbocycles. The van der Waals surface area contributed by atoms with E-state index in [9.17, 15) is 9.59 Å². The van der Waals surface area contributed by atoms with Crippen molar-refractivity contribution >= 4 is 17.3 Å². The van der Waals surface area contributed by atoms with E-state index in [-0.39, 0.29) is 11.8 Å². The van der Waals surface area contributed by atoms with Crippen LogP contribution in [0, 0.1) is 0 Å². The zero-order chi connectivity index (χ0) is 13.7. The van der Waals surface area contributed by atoms with E-state index < -0.39 is 0 Å². The first-order valence-corrected chi connectivity index (χ1v) is 6.30.